The van der Waals surface area contributed by atoms with Crippen molar-refractivity contribution in [2.24, 2.45) is 0 Å². The Labute approximate surface area is 99.8 Å². The van der Waals surface area contributed by atoms with Gasteiger partial charge in [0.05, 0.1) is 6.33 Å². The molecule has 0 unspecified atom stereocenters. The van der Waals surface area contributed by atoms with Gasteiger partial charge >= 0.3 is 0 Å². The predicted molar refractivity (Wildman–Crippen MR) is 65.1 cm³/mol. The quantitative estimate of drug-likeness (QED) is 0.783. The van der Waals surface area contributed by atoms with Crippen LogP contribution < -0.4 is 16.0 Å². The third-order valence-electron chi connectivity index (χ3n) is 2.95. The molecule has 6 heteroatoms. The molecule has 1 aliphatic heterocycles. The average molecular weight is 238 g/mol. The lowest BCUT2D eigenvalue weighted by Gasteiger charge is -2.26. The van der Waals surface area contributed by atoms with Gasteiger partial charge < -0.3 is 15.5 Å². The van der Waals surface area contributed by atoms with Crippen molar-refractivity contribution >= 4 is 5.69 Å². The molecule has 0 radical (unpaired) electrons. The first-order valence-electron chi connectivity index (χ1n) is 5.95. The topological polar surface area (TPSA) is 84.2 Å². The van der Waals surface area contributed by atoms with Crippen LogP contribution in [-0.4, -0.2) is 41.1 Å². The van der Waals surface area contributed by atoms with E-state index in [0.29, 0.717) is 6.61 Å². The molecule has 0 atom stereocenters. The summed E-state index contributed by atoms with van der Waals surface area (Å²) in [7, 11) is 0. The summed E-state index contributed by atoms with van der Waals surface area (Å²) in [5, 5.41) is 0. The molecule has 1 fully saturated rings. The molecule has 0 saturated carbocycles. The van der Waals surface area contributed by atoms with Gasteiger partial charge in [0.25, 0.3) is 5.56 Å². The highest BCUT2D eigenvalue weighted by atomic mass is 16.5. The minimum absolute atomic E-state index is 0.0474. The van der Waals surface area contributed by atoms with Crippen LogP contribution in [0.3, 0.4) is 0 Å². The fraction of sp³-hybridized carbons (Fsp3) is 0.636. The Morgan fingerprint density at radius 2 is 2.18 bits per heavy atom. The maximum atomic E-state index is 11.2. The van der Waals surface area contributed by atoms with Gasteiger partial charge in [-0.05, 0) is 25.9 Å². The first-order valence-corrected chi connectivity index (χ1v) is 5.95. The van der Waals surface area contributed by atoms with E-state index in [4.69, 9.17) is 10.5 Å². The third-order valence-corrected chi connectivity index (χ3v) is 2.95. The van der Waals surface area contributed by atoms with E-state index in [1.807, 2.05) is 0 Å². The van der Waals surface area contributed by atoms with Gasteiger partial charge in [0.15, 0.2) is 5.69 Å². The van der Waals surface area contributed by atoms with Crippen LogP contribution in [0.2, 0.25) is 0 Å². The summed E-state index contributed by atoms with van der Waals surface area (Å²) in [6.07, 6.45) is 5.13. The Balaban J connectivity index is 1.81. The highest BCUT2D eigenvalue weighted by molar-refractivity contribution is 5.44. The van der Waals surface area contributed by atoms with Crippen molar-refractivity contribution < 1.29 is 4.74 Å². The van der Waals surface area contributed by atoms with Gasteiger partial charge in [0.2, 0.25) is 5.88 Å². The number of rotatable bonds is 4. The van der Waals surface area contributed by atoms with E-state index < -0.39 is 0 Å². The number of hydrogen-bond donors (Lipinski definition) is 2. The smallest absolute Gasteiger partial charge is 0.277 e. The minimum Gasteiger partial charge on any atom is -0.475 e. The summed E-state index contributed by atoms with van der Waals surface area (Å²) >= 11 is 0. The number of aromatic nitrogens is 2. The number of nitrogens with one attached hydrogen (secondary N) is 1. The fourth-order valence-corrected chi connectivity index (χ4v) is 1.96. The van der Waals surface area contributed by atoms with Crippen molar-refractivity contribution in [1.29, 1.82) is 0 Å². The maximum absolute atomic E-state index is 11.2. The average Bonchev–Trinajstić information content (AvgIpc) is 2.36. The van der Waals surface area contributed by atoms with Crippen molar-refractivity contribution in [2.75, 3.05) is 32.0 Å². The van der Waals surface area contributed by atoms with Gasteiger partial charge in [-0.25, -0.2) is 4.98 Å². The maximum Gasteiger partial charge on any atom is 0.277 e. The molecule has 0 aromatic carbocycles. The molecule has 17 heavy (non-hydrogen) atoms. The van der Waals surface area contributed by atoms with Crippen LogP contribution in [0.1, 0.15) is 19.3 Å². The number of nitrogens with two attached hydrogens (primary N) is 1. The summed E-state index contributed by atoms with van der Waals surface area (Å²) in [6.45, 7) is 3.62. The molecule has 0 spiro atoms. The van der Waals surface area contributed by atoms with Gasteiger partial charge in [-0.1, -0.05) is 6.42 Å². The summed E-state index contributed by atoms with van der Waals surface area (Å²) < 4.78 is 5.42. The number of H-pyrrole nitrogens is 1. The highest BCUT2D eigenvalue weighted by Gasteiger charge is 2.10. The molecule has 0 amide bonds. The molecule has 1 aromatic rings. The van der Waals surface area contributed by atoms with Crippen LogP contribution in [0.5, 0.6) is 5.88 Å². The lowest BCUT2D eigenvalue weighted by Crippen LogP contribution is -2.33. The zero-order chi connectivity index (χ0) is 12.1. The molecule has 6 nitrogen and oxygen atoms in total. The van der Waals surface area contributed by atoms with E-state index >= 15 is 0 Å². The molecule has 0 bridgehead atoms. The van der Waals surface area contributed by atoms with Crippen molar-refractivity contribution in [3.05, 3.63) is 16.7 Å². The van der Waals surface area contributed by atoms with Crippen LogP contribution in [0.25, 0.3) is 0 Å². The Bertz CT molecular complexity index is 412. The molecular formula is C11H18N4O2. The van der Waals surface area contributed by atoms with Gasteiger partial charge in [-0.15, -0.1) is 0 Å². The number of nitrogen functional groups attached to an aromatic ring is 1. The van der Waals surface area contributed by atoms with Crippen molar-refractivity contribution in [2.45, 2.75) is 19.3 Å². The van der Waals surface area contributed by atoms with Gasteiger partial charge in [-0.3, -0.25) is 9.69 Å². The second-order valence-electron chi connectivity index (χ2n) is 4.20. The van der Waals surface area contributed by atoms with Gasteiger partial charge in [0, 0.05) is 6.54 Å². The largest absolute Gasteiger partial charge is 0.475 e. The number of anilines is 1. The van der Waals surface area contributed by atoms with Crippen LogP contribution in [0.15, 0.2) is 11.1 Å². The van der Waals surface area contributed by atoms with Crippen molar-refractivity contribution in [3.63, 3.8) is 0 Å². The standard InChI is InChI=1S/C11H18N4O2/c12-9-10(16)13-8-14-11(9)17-7-6-15-4-2-1-3-5-15/h8H,1-7,12H2,(H,13,14,16). The molecule has 2 heterocycles. The fourth-order valence-electron chi connectivity index (χ4n) is 1.96. The molecule has 1 aliphatic rings. The Hall–Kier alpha value is -1.56. The predicted octanol–water partition coefficient (Wildman–Crippen LogP) is 0.217. The number of ether oxygens (including phenoxy) is 1. The zero-order valence-electron chi connectivity index (χ0n) is 9.82. The monoisotopic (exact) mass is 238 g/mol. The Kier molecular flexibility index (Phi) is 3.98. The highest BCUT2D eigenvalue weighted by Crippen LogP contribution is 2.11. The number of nitrogens with zero attached hydrogens (tertiary/aromatic N) is 2. The van der Waals surface area contributed by atoms with E-state index in [9.17, 15) is 4.79 Å². The molecule has 94 valence electrons. The van der Waals surface area contributed by atoms with E-state index in [1.165, 1.54) is 25.6 Å². The summed E-state index contributed by atoms with van der Waals surface area (Å²) in [4.78, 5) is 19.8. The zero-order valence-corrected chi connectivity index (χ0v) is 9.82. The van der Waals surface area contributed by atoms with Crippen LogP contribution in [0.4, 0.5) is 5.69 Å². The number of hydrogen-bond acceptors (Lipinski definition) is 5. The SMILES string of the molecule is Nc1c(OCCN2CCCCC2)nc[nH]c1=O. The molecule has 0 aliphatic carbocycles. The van der Waals surface area contributed by atoms with E-state index in [1.54, 1.807) is 0 Å². The van der Waals surface area contributed by atoms with Crippen LogP contribution >= 0.6 is 0 Å². The molecule has 1 saturated heterocycles. The van der Waals surface area contributed by atoms with E-state index in [-0.39, 0.29) is 17.1 Å². The van der Waals surface area contributed by atoms with Crippen molar-refractivity contribution in [3.8, 4) is 5.88 Å². The number of aromatic amines is 1. The molecule has 2 rings (SSSR count). The number of piperidine rings is 1. The normalized spacial score (nSPS) is 16.9. The second-order valence-corrected chi connectivity index (χ2v) is 4.20. The second kappa shape index (κ2) is 5.67. The summed E-state index contributed by atoms with van der Waals surface area (Å²) in [6, 6.07) is 0. The lowest BCUT2D eigenvalue weighted by atomic mass is 10.1. The van der Waals surface area contributed by atoms with Crippen LogP contribution in [-0.2, 0) is 0 Å². The van der Waals surface area contributed by atoms with Gasteiger partial charge in [0.1, 0.15) is 6.61 Å². The first kappa shape index (κ1) is 11.9. The summed E-state index contributed by atoms with van der Waals surface area (Å²) in [5.74, 6) is 0.228. The van der Waals surface area contributed by atoms with Crippen LogP contribution in [0, 0.1) is 0 Å². The Morgan fingerprint density at radius 1 is 1.41 bits per heavy atom. The number of likely N-dealkylation sites (tertiary alicyclic amines) is 1. The van der Waals surface area contributed by atoms with Gasteiger partial charge in [-0.2, -0.15) is 0 Å². The Morgan fingerprint density at radius 3 is 2.94 bits per heavy atom. The lowest BCUT2D eigenvalue weighted by molar-refractivity contribution is 0.181. The van der Waals surface area contributed by atoms with E-state index in [2.05, 4.69) is 14.9 Å². The third kappa shape index (κ3) is 3.20. The minimum atomic E-state index is -0.354. The first-order chi connectivity index (χ1) is 8.27. The van der Waals surface area contributed by atoms with E-state index in [0.717, 1.165) is 19.6 Å². The summed E-state index contributed by atoms with van der Waals surface area (Å²) in [5.41, 5.74) is 5.25. The molecule has 1 aromatic heterocycles. The molecule has 3 N–H and O–H groups in total. The molecular weight excluding hydrogens is 220 g/mol. The van der Waals surface area contributed by atoms with Crippen molar-refractivity contribution in [1.82, 2.24) is 14.9 Å².